The molecular weight excluding hydrogens is 236 g/mol. The topological polar surface area (TPSA) is 61.3 Å². The largest absolute Gasteiger partial charge is 0.497 e. The molecule has 4 N–H and O–H groups in total. The molecule has 2 aromatic carbocycles. The summed E-state index contributed by atoms with van der Waals surface area (Å²) < 4.78 is 5.24. The first-order valence-corrected chi connectivity index (χ1v) is 6.72. The Labute approximate surface area is 113 Å². The van der Waals surface area contributed by atoms with Gasteiger partial charge in [0.15, 0.2) is 0 Å². The summed E-state index contributed by atoms with van der Waals surface area (Å²) in [6, 6.07) is 12.5. The first kappa shape index (κ1) is 12.5. The molecule has 0 heterocycles. The van der Waals surface area contributed by atoms with Gasteiger partial charge in [-0.15, -0.1) is 0 Å². The fourth-order valence-corrected chi connectivity index (χ4v) is 2.72. The van der Waals surface area contributed by atoms with Gasteiger partial charge in [-0.2, -0.15) is 0 Å². The van der Waals surface area contributed by atoms with Crippen LogP contribution < -0.4 is 16.2 Å². The maximum atomic E-state index is 6.39. The van der Waals surface area contributed by atoms with E-state index in [1.807, 2.05) is 12.1 Å². The van der Waals surface area contributed by atoms with Gasteiger partial charge in [-0.05, 0) is 53.9 Å². The zero-order valence-corrected chi connectivity index (χ0v) is 11.2. The van der Waals surface area contributed by atoms with Crippen LogP contribution in [-0.4, -0.2) is 13.7 Å². The number of benzene rings is 2. The first-order valence-electron chi connectivity index (χ1n) is 6.72. The van der Waals surface area contributed by atoms with Gasteiger partial charge in [-0.3, -0.25) is 0 Å². The maximum absolute atomic E-state index is 6.39. The van der Waals surface area contributed by atoms with Gasteiger partial charge in [-0.1, -0.05) is 18.2 Å². The molecule has 0 aromatic heterocycles. The van der Waals surface area contributed by atoms with E-state index in [9.17, 15) is 0 Å². The average molecular weight is 256 g/mol. The van der Waals surface area contributed by atoms with Crippen LogP contribution in [0, 0.1) is 5.41 Å². The van der Waals surface area contributed by atoms with Gasteiger partial charge >= 0.3 is 0 Å². The van der Waals surface area contributed by atoms with E-state index < -0.39 is 0 Å². The van der Waals surface area contributed by atoms with Crippen LogP contribution in [-0.2, 0) is 0 Å². The maximum Gasteiger partial charge on any atom is 0.119 e. The summed E-state index contributed by atoms with van der Waals surface area (Å²) in [5.41, 5.74) is 13.6. The summed E-state index contributed by atoms with van der Waals surface area (Å²) in [5, 5.41) is 2.37. The fraction of sp³-hybridized carbons (Fsp3) is 0.375. The lowest BCUT2D eigenvalue weighted by Gasteiger charge is -2.22. The molecule has 0 radical (unpaired) electrons. The lowest BCUT2D eigenvalue weighted by molar-refractivity contribution is 0.415. The number of hydrogen-bond donors (Lipinski definition) is 2. The summed E-state index contributed by atoms with van der Waals surface area (Å²) in [4.78, 5) is 0. The predicted octanol–water partition coefficient (Wildman–Crippen LogP) is 2.59. The lowest BCUT2D eigenvalue weighted by Crippen LogP contribution is -2.29. The molecule has 1 fully saturated rings. The van der Waals surface area contributed by atoms with Gasteiger partial charge in [0, 0.05) is 11.5 Å². The molecule has 1 atom stereocenters. The minimum absolute atomic E-state index is 0.0454. The Morgan fingerprint density at radius 1 is 1.16 bits per heavy atom. The number of ether oxygens (including phenoxy) is 1. The Kier molecular flexibility index (Phi) is 2.96. The van der Waals surface area contributed by atoms with Gasteiger partial charge < -0.3 is 16.2 Å². The van der Waals surface area contributed by atoms with Crippen molar-refractivity contribution in [3.8, 4) is 5.75 Å². The van der Waals surface area contributed by atoms with Crippen molar-refractivity contribution in [2.45, 2.75) is 18.9 Å². The molecule has 0 spiro atoms. The molecule has 19 heavy (non-hydrogen) atoms. The highest BCUT2D eigenvalue weighted by Crippen LogP contribution is 2.53. The zero-order chi connectivity index (χ0) is 13.5. The average Bonchev–Trinajstić information content (AvgIpc) is 3.26. The van der Waals surface area contributed by atoms with Crippen LogP contribution in [0.25, 0.3) is 10.8 Å². The molecule has 100 valence electrons. The van der Waals surface area contributed by atoms with Crippen molar-refractivity contribution in [3.05, 3.63) is 42.0 Å². The Balaban J connectivity index is 1.98. The van der Waals surface area contributed by atoms with Gasteiger partial charge in [0.2, 0.25) is 0 Å². The second-order valence-electron chi connectivity index (χ2n) is 5.52. The van der Waals surface area contributed by atoms with E-state index in [0.717, 1.165) is 18.6 Å². The van der Waals surface area contributed by atoms with E-state index >= 15 is 0 Å². The van der Waals surface area contributed by atoms with Gasteiger partial charge in [-0.25, -0.2) is 0 Å². The van der Waals surface area contributed by atoms with E-state index in [4.69, 9.17) is 16.2 Å². The van der Waals surface area contributed by atoms with E-state index in [2.05, 4.69) is 24.3 Å². The van der Waals surface area contributed by atoms with E-state index in [-0.39, 0.29) is 11.5 Å². The van der Waals surface area contributed by atoms with Crippen LogP contribution in [0.3, 0.4) is 0 Å². The zero-order valence-electron chi connectivity index (χ0n) is 11.2. The Hall–Kier alpha value is -1.58. The Morgan fingerprint density at radius 2 is 1.84 bits per heavy atom. The molecule has 1 unspecified atom stereocenters. The Bertz CT molecular complexity index is 605. The van der Waals surface area contributed by atoms with Crippen molar-refractivity contribution in [1.82, 2.24) is 0 Å². The van der Waals surface area contributed by atoms with E-state index in [1.54, 1.807) is 7.11 Å². The van der Waals surface area contributed by atoms with Crippen LogP contribution >= 0.6 is 0 Å². The number of rotatable bonds is 4. The summed E-state index contributed by atoms with van der Waals surface area (Å²) >= 11 is 0. The summed E-state index contributed by atoms with van der Waals surface area (Å²) in [6.45, 7) is 0.675. The third kappa shape index (κ3) is 2.09. The highest BCUT2D eigenvalue weighted by atomic mass is 16.5. The molecule has 0 saturated heterocycles. The van der Waals surface area contributed by atoms with Gasteiger partial charge in [0.05, 0.1) is 7.11 Å². The van der Waals surface area contributed by atoms with Gasteiger partial charge in [0.25, 0.3) is 0 Å². The molecule has 1 saturated carbocycles. The van der Waals surface area contributed by atoms with Crippen LogP contribution in [0.15, 0.2) is 36.4 Å². The SMILES string of the molecule is COc1ccc2cc(C(N)C3(CN)CC3)ccc2c1. The number of methoxy groups -OCH3 is 1. The monoisotopic (exact) mass is 256 g/mol. The lowest BCUT2D eigenvalue weighted by atomic mass is 9.90. The second-order valence-corrected chi connectivity index (χ2v) is 5.52. The summed E-state index contributed by atoms with van der Waals surface area (Å²) in [6.07, 6.45) is 2.29. The normalized spacial score (nSPS) is 18.3. The fourth-order valence-electron chi connectivity index (χ4n) is 2.72. The standard InChI is InChI=1S/C16H20N2O/c1-19-14-5-4-11-8-13(3-2-12(11)9-14)15(18)16(10-17)6-7-16/h2-5,8-9,15H,6-7,10,17-18H2,1H3. The first-order chi connectivity index (χ1) is 9.18. The molecule has 0 amide bonds. The number of fused-ring (bicyclic) bond motifs is 1. The minimum atomic E-state index is 0.0454. The van der Waals surface area contributed by atoms with Crippen molar-refractivity contribution in [3.63, 3.8) is 0 Å². The third-order valence-electron chi connectivity index (χ3n) is 4.39. The quantitative estimate of drug-likeness (QED) is 0.884. The minimum Gasteiger partial charge on any atom is -0.497 e. The smallest absolute Gasteiger partial charge is 0.119 e. The molecule has 3 rings (SSSR count). The predicted molar refractivity (Wildman–Crippen MR) is 78.1 cm³/mol. The highest BCUT2D eigenvalue weighted by Gasteiger charge is 2.47. The molecule has 1 aliphatic rings. The molecule has 0 aliphatic heterocycles. The van der Waals surface area contributed by atoms with Crippen LogP contribution in [0.1, 0.15) is 24.4 Å². The van der Waals surface area contributed by atoms with Gasteiger partial charge in [0.1, 0.15) is 5.75 Å². The molecule has 3 heteroatoms. The molecule has 1 aliphatic carbocycles. The number of hydrogen-bond acceptors (Lipinski definition) is 3. The molecule has 0 bridgehead atoms. The van der Waals surface area contributed by atoms with E-state index in [0.29, 0.717) is 6.54 Å². The second kappa shape index (κ2) is 4.51. The summed E-state index contributed by atoms with van der Waals surface area (Å²) in [5.74, 6) is 0.880. The Morgan fingerprint density at radius 3 is 2.47 bits per heavy atom. The van der Waals surface area contributed by atoms with Crippen LogP contribution in [0.4, 0.5) is 0 Å². The molecular formula is C16H20N2O. The van der Waals surface area contributed by atoms with Crippen molar-refractivity contribution in [2.24, 2.45) is 16.9 Å². The summed E-state index contributed by atoms with van der Waals surface area (Å²) in [7, 11) is 1.68. The van der Waals surface area contributed by atoms with Crippen molar-refractivity contribution >= 4 is 10.8 Å². The van der Waals surface area contributed by atoms with Crippen LogP contribution in [0.5, 0.6) is 5.75 Å². The third-order valence-corrected chi connectivity index (χ3v) is 4.39. The van der Waals surface area contributed by atoms with Crippen molar-refractivity contribution in [1.29, 1.82) is 0 Å². The molecule has 3 nitrogen and oxygen atoms in total. The highest BCUT2D eigenvalue weighted by molar-refractivity contribution is 5.84. The van der Waals surface area contributed by atoms with Crippen LogP contribution in [0.2, 0.25) is 0 Å². The van der Waals surface area contributed by atoms with Crippen molar-refractivity contribution < 1.29 is 4.74 Å². The number of nitrogens with two attached hydrogens (primary N) is 2. The van der Waals surface area contributed by atoms with E-state index in [1.165, 1.54) is 16.3 Å². The van der Waals surface area contributed by atoms with Crippen molar-refractivity contribution in [2.75, 3.05) is 13.7 Å². The molecule has 2 aromatic rings.